The van der Waals surface area contributed by atoms with E-state index in [1.54, 1.807) is 0 Å². The molecule has 0 bridgehead atoms. The van der Waals surface area contributed by atoms with Crippen LogP contribution in [0, 0.1) is 29.6 Å². The lowest BCUT2D eigenvalue weighted by atomic mass is 10.3. The van der Waals surface area contributed by atoms with Gasteiger partial charge >= 0.3 is 0 Å². The van der Waals surface area contributed by atoms with E-state index >= 15 is 0 Å². The Morgan fingerprint density at radius 3 is 1.38 bits per heavy atom. The average Bonchev–Trinajstić information content (AvgIpc) is 2.87. The summed E-state index contributed by atoms with van der Waals surface area (Å²) in [7, 11) is -1.67. The van der Waals surface area contributed by atoms with Crippen LogP contribution in [0.3, 0.4) is 0 Å². The summed E-state index contributed by atoms with van der Waals surface area (Å²) in [5, 5.41) is 9.54. The Balaban J connectivity index is 5.39. The van der Waals surface area contributed by atoms with Gasteiger partial charge < -0.3 is 18.7 Å². The molecule has 0 radical (unpaired) electrons. The van der Waals surface area contributed by atoms with E-state index in [0.717, 1.165) is 47.6 Å². The van der Waals surface area contributed by atoms with Crippen LogP contribution in [0.2, 0.25) is 0 Å². The van der Waals surface area contributed by atoms with Gasteiger partial charge in [0.15, 0.2) is 0 Å². The maximum Gasteiger partial charge on any atom is 0.0895 e. The van der Waals surface area contributed by atoms with E-state index in [4.69, 9.17) is 13.6 Å². The van der Waals surface area contributed by atoms with Gasteiger partial charge in [-0.25, -0.2) is 0 Å². The zero-order valence-electron chi connectivity index (χ0n) is 31.0. The fourth-order valence-corrected chi connectivity index (χ4v) is 24.6. The second-order valence-corrected chi connectivity index (χ2v) is 30.3. The van der Waals surface area contributed by atoms with Crippen molar-refractivity contribution in [2.75, 3.05) is 53.8 Å². The molecule has 1 N–H and O–H groups in total. The maximum absolute atomic E-state index is 9.54. The van der Waals surface area contributed by atoms with Gasteiger partial charge in [-0.2, -0.15) is 0 Å². The molecular formula is C33H70O4P4S4. The van der Waals surface area contributed by atoms with Crippen LogP contribution in [-0.4, -0.2) is 77.2 Å². The summed E-state index contributed by atoms with van der Waals surface area (Å²) in [4.78, 5) is 0. The lowest BCUT2D eigenvalue weighted by Gasteiger charge is -2.28. The van der Waals surface area contributed by atoms with Gasteiger partial charge in [-0.05, 0) is 76.7 Å². The second-order valence-electron chi connectivity index (χ2n) is 14.1. The minimum absolute atomic E-state index is 0.0328. The molecule has 0 aromatic rings. The van der Waals surface area contributed by atoms with E-state index in [0.29, 0.717) is 24.2 Å². The molecule has 0 aromatic heterocycles. The molecule has 0 fully saturated rings. The molecule has 4 nitrogen and oxygen atoms in total. The van der Waals surface area contributed by atoms with Gasteiger partial charge in [0, 0.05) is 47.9 Å². The fourth-order valence-electron chi connectivity index (χ4n) is 3.85. The highest BCUT2D eigenvalue weighted by atomic mass is 32.7. The number of allylic oxidation sites excluding steroid dienone is 1. The molecule has 0 rings (SSSR count). The zero-order valence-corrected chi connectivity index (χ0v) is 37.8. The number of hydrogen-bond acceptors (Lipinski definition) is 8. The second kappa shape index (κ2) is 28.2. The number of aliphatic hydroxyl groups is 1. The molecule has 6 unspecified atom stereocenters. The van der Waals surface area contributed by atoms with Crippen LogP contribution in [0.1, 0.15) is 96.4 Å². The number of hydrogen-bond donors (Lipinski definition) is 1. The summed E-state index contributed by atoms with van der Waals surface area (Å²) < 4.78 is 19.8. The average molecular weight is 783 g/mol. The molecule has 12 heteroatoms. The lowest BCUT2D eigenvalue weighted by Crippen LogP contribution is -2.14. The van der Waals surface area contributed by atoms with Gasteiger partial charge in [0.2, 0.25) is 0 Å². The predicted octanol–water partition coefficient (Wildman–Crippen LogP) is 14.2. The van der Waals surface area contributed by atoms with Crippen molar-refractivity contribution in [3.05, 3.63) is 12.3 Å². The molecular weight excluding hydrogens is 713 g/mol. The SMILES string of the molecule is C=C(O)CCSP(CC(C)C)OC(C)CSP(CC(C)CSP(CC(C)C)CC(C)C)OC(C)CSP(CC(C)C)OC(C)C. The quantitative estimate of drug-likeness (QED) is 0.0595. The molecule has 0 spiro atoms. The van der Waals surface area contributed by atoms with E-state index in [9.17, 15) is 5.11 Å². The van der Waals surface area contributed by atoms with Crippen molar-refractivity contribution in [1.82, 2.24) is 0 Å². The van der Waals surface area contributed by atoms with Gasteiger partial charge in [-0.1, -0.05) is 68.9 Å². The molecule has 0 aliphatic carbocycles. The Hall–Kier alpha value is 2.54. The van der Waals surface area contributed by atoms with E-state index in [1.807, 2.05) is 34.1 Å². The third-order valence-corrected chi connectivity index (χ3v) is 24.9. The summed E-state index contributed by atoms with van der Waals surface area (Å²) >= 11 is 8.13. The Morgan fingerprint density at radius 2 is 0.978 bits per heavy atom. The third-order valence-electron chi connectivity index (χ3n) is 5.62. The summed E-state index contributed by atoms with van der Waals surface area (Å²) in [5.74, 6) is 7.73. The first-order chi connectivity index (χ1) is 21.0. The molecule has 270 valence electrons. The molecule has 0 aliphatic heterocycles. The Kier molecular flexibility index (Phi) is 29.8. The third kappa shape index (κ3) is 29.9. The van der Waals surface area contributed by atoms with Crippen molar-refractivity contribution in [3.63, 3.8) is 0 Å². The Bertz CT molecular complexity index is 681. The number of rotatable bonds is 29. The van der Waals surface area contributed by atoms with Gasteiger partial charge in [0.25, 0.3) is 0 Å². The molecule has 0 heterocycles. The molecule has 0 amide bonds. The molecule has 0 aromatic carbocycles. The smallest absolute Gasteiger partial charge is 0.0895 e. The molecule has 0 aliphatic rings. The van der Waals surface area contributed by atoms with Crippen molar-refractivity contribution >= 4 is 74.7 Å². The fraction of sp³-hybridized carbons (Fsp3) is 0.939. The van der Waals surface area contributed by atoms with Crippen LogP contribution in [0.15, 0.2) is 12.3 Å². The summed E-state index contributed by atoms with van der Waals surface area (Å²) in [6.45, 7) is 33.5. The Labute approximate surface area is 302 Å². The van der Waals surface area contributed by atoms with Gasteiger partial charge in [-0.3, -0.25) is 0 Å². The van der Waals surface area contributed by atoms with E-state index in [1.165, 1.54) is 18.1 Å². The zero-order chi connectivity index (χ0) is 34.5. The lowest BCUT2D eigenvalue weighted by molar-refractivity contribution is 0.273. The minimum Gasteiger partial charge on any atom is -0.513 e. The van der Waals surface area contributed by atoms with Crippen molar-refractivity contribution in [2.45, 2.75) is 115 Å². The first-order valence-electron chi connectivity index (χ1n) is 16.9. The molecule has 0 saturated carbocycles. The van der Waals surface area contributed by atoms with Crippen molar-refractivity contribution in [1.29, 1.82) is 0 Å². The van der Waals surface area contributed by atoms with Crippen LogP contribution in [0.5, 0.6) is 0 Å². The largest absolute Gasteiger partial charge is 0.513 e. The van der Waals surface area contributed by atoms with Crippen LogP contribution in [0.4, 0.5) is 0 Å². The van der Waals surface area contributed by atoms with Gasteiger partial charge in [-0.15, -0.1) is 45.5 Å². The van der Waals surface area contributed by atoms with Crippen LogP contribution in [0.25, 0.3) is 0 Å². The van der Waals surface area contributed by atoms with E-state index in [2.05, 4.69) is 108 Å². The van der Waals surface area contributed by atoms with Gasteiger partial charge in [0.1, 0.15) is 0 Å². The van der Waals surface area contributed by atoms with Crippen molar-refractivity contribution in [3.8, 4) is 0 Å². The summed E-state index contributed by atoms with van der Waals surface area (Å²) in [5.41, 5.74) is 0. The highest BCUT2D eigenvalue weighted by molar-refractivity contribution is 8.56. The predicted molar refractivity (Wildman–Crippen MR) is 224 cm³/mol. The van der Waals surface area contributed by atoms with Crippen LogP contribution >= 0.6 is 74.7 Å². The normalized spacial score (nSPS) is 16.7. The standard InChI is InChI=1S/C33H70O4P4S4/c1-25(2)17-38(18-26(3)4)43-22-30(11)21-41(37-33(14)23-44-39(19-27(5)6)35-29(9)10)45-24-32(13)36-40(20-28(7)8)42-16-15-31(12)34/h25-30,32-34H,12,15-24H2,1-11,13-14H3. The minimum atomic E-state index is -0.622. The molecule has 6 atom stereocenters. The van der Waals surface area contributed by atoms with E-state index in [-0.39, 0.29) is 31.2 Å². The molecule has 0 saturated heterocycles. The monoisotopic (exact) mass is 782 g/mol. The first-order valence-corrected chi connectivity index (χ1v) is 29.3. The first kappa shape index (κ1) is 47.5. The van der Waals surface area contributed by atoms with Crippen molar-refractivity contribution < 1.29 is 18.7 Å². The summed E-state index contributed by atoms with van der Waals surface area (Å²) in [6, 6.07) is 0. The van der Waals surface area contributed by atoms with Gasteiger partial charge in [0.05, 0.1) is 46.1 Å². The topological polar surface area (TPSA) is 47.9 Å². The van der Waals surface area contributed by atoms with E-state index < -0.39 is 22.1 Å². The maximum atomic E-state index is 9.54. The number of aliphatic hydroxyl groups excluding tert-OH is 1. The summed E-state index contributed by atoms with van der Waals surface area (Å²) in [6.07, 6.45) is 7.38. The van der Waals surface area contributed by atoms with Crippen molar-refractivity contribution in [2.24, 2.45) is 29.6 Å². The Morgan fingerprint density at radius 1 is 0.556 bits per heavy atom. The molecule has 45 heavy (non-hydrogen) atoms. The highest BCUT2D eigenvalue weighted by Gasteiger charge is 2.24. The van der Waals surface area contributed by atoms with Crippen LogP contribution in [-0.2, 0) is 13.6 Å². The highest BCUT2D eigenvalue weighted by Crippen LogP contribution is 2.59. The van der Waals surface area contributed by atoms with Crippen LogP contribution < -0.4 is 0 Å².